The predicted octanol–water partition coefficient (Wildman–Crippen LogP) is 6.04. The third-order valence-corrected chi connectivity index (χ3v) is 5.43. The maximum absolute atomic E-state index is 12.0. The second-order valence-electron chi connectivity index (χ2n) is 5.18. The molecule has 1 amide bonds. The summed E-state index contributed by atoms with van der Waals surface area (Å²) in [6.07, 6.45) is 0. The van der Waals surface area contributed by atoms with Gasteiger partial charge in [0.15, 0.2) is 12.4 Å². The Balaban J connectivity index is 2.05. The van der Waals surface area contributed by atoms with Gasteiger partial charge >= 0.3 is 0 Å². The first-order valence-corrected chi connectivity index (χ1v) is 8.82. The molecule has 0 radical (unpaired) electrons. The quantitative estimate of drug-likeness (QED) is 0.454. The Hall–Kier alpha value is -1.04. The SMILES string of the molecule is CN(C)c1ccc(NC(=O)COc2c(Cl)c(Cl)c(Cl)c(Cl)c2Cl)cc1. The molecule has 0 aliphatic heterocycles. The van der Waals surface area contributed by atoms with Crippen LogP contribution in [0.1, 0.15) is 0 Å². The molecule has 0 aromatic heterocycles. The molecular weight excluding hydrogens is 429 g/mol. The third-order valence-electron chi connectivity index (χ3n) is 3.18. The number of anilines is 2. The number of carbonyl (C=O) groups excluding carboxylic acids is 1. The Kier molecular flexibility index (Phi) is 6.94. The molecule has 1 N–H and O–H groups in total. The molecule has 0 fully saturated rings. The van der Waals surface area contributed by atoms with Crippen molar-refractivity contribution >= 4 is 75.3 Å². The maximum Gasteiger partial charge on any atom is 0.262 e. The van der Waals surface area contributed by atoms with Gasteiger partial charge in [-0.1, -0.05) is 58.0 Å². The number of hydrogen-bond acceptors (Lipinski definition) is 3. The van der Waals surface area contributed by atoms with E-state index in [1.165, 1.54) is 0 Å². The fourth-order valence-electron chi connectivity index (χ4n) is 1.89. The largest absolute Gasteiger partial charge is 0.481 e. The number of halogens is 5. The summed E-state index contributed by atoms with van der Waals surface area (Å²) >= 11 is 29.9. The number of ether oxygens (including phenoxy) is 1. The molecule has 0 unspecified atom stereocenters. The molecular formula is C16H13Cl5N2O2. The van der Waals surface area contributed by atoms with Crippen LogP contribution in [0.4, 0.5) is 11.4 Å². The van der Waals surface area contributed by atoms with Crippen molar-refractivity contribution in [3.8, 4) is 5.75 Å². The van der Waals surface area contributed by atoms with Gasteiger partial charge in [0, 0.05) is 25.5 Å². The van der Waals surface area contributed by atoms with Gasteiger partial charge in [0.25, 0.3) is 5.91 Å². The number of rotatable bonds is 5. The van der Waals surface area contributed by atoms with Crippen molar-refractivity contribution in [2.24, 2.45) is 0 Å². The summed E-state index contributed by atoms with van der Waals surface area (Å²) in [5.41, 5.74) is 1.64. The molecule has 25 heavy (non-hydrogen) atoms. The number of nitrogens with zero attached hydrogens (tertiary/aromatic N) is 1. The first-order valence-electron chi connectivity index (χ1n) is 6.93. The lowest BCUT2D eigenvalue weighted by Crippen LogP contribution is -2.20. The van der Waals surface area contributed by atoms with E-state index in [1.54, 1.807) is 12.1 Å². The number of amides is 1. The molecule has 0 heterocycles. The Labute approximate surface area is 170 Å². The Morgan fingerprint density at radius 2 is 1.40 bits per heavy atom. The van der Waals surface area contributed by atoms with Gasteiger partial charge in [0.2, 0.25) is 0 Å². The fraction of sp³-hybridized carbons (Fsp3) is 0.188. The summed E-state index contributed by atoms with van der Waals surface area (Å²) in [4.78, 5) is 14.0. The first-order chi connectivity index (χ1) is 11.7. The molecule has 2 rings (SSSR count). The molecule has 0 spiro atoms. The molecule has 0 aliphatic carbocycles. The van der Waals surface area contributed by atoms with E-state index in [0.717, 1.165) is 5.69 Å². The van der Waals surface area contributed by atoms with Crippen molar-refractivity contribution < 1.29 is 9.53 Å². The van der Waals surface area contributed by atoms with Gasteiger partial charge in [-0.3, -0.25) is 4.79 Å². The van der Waals surface area contributed by atoms with E-state index in [2.05, 4.69) is 5.32 Å². The van der Waals surface area contributed by atoms with Gasteiger partial charge in [-0.2, -0.15) is 0 Å². The molecule has 2 aromatic rings. The van der Waals surface area contributed by atoms with Gasteiger partial charge in [-0.25, -0.2) is 0 Å². The smallest absolute Gasteiger partial charge is 0.262 e. The second kappa shape index (κ2) is 8.56. The van der Waals surface area contributed by atoms with E-state index in [1.807, 2.05) is 31.1 Å². The van der Waals surface area contributed by atoms with Crippen LogP contribution in [0.25, 0.3) is 0 Å². The van der Waals surface area contributed by atoms with Crippen LogP contribution in [0.3, 0.4) is 0 Å². The number of benzene rings is 2. The summed E-state index contributed by atoms with van der Waals surface area (Å²) in [5.74, 6) is -0.396. The molecule has 4 nitrogen and oxygen atoms in total. The van der Waals surface area contributed by atoms with Crippen molar-refractivity contribution in [3.05, 3.63) is 49.4 Å². The molecule has 0 saturated heterocycles. The van der Waals surface area contributed by atoms with Crippen molar-refractivity contribution in [2.45, 2.75) is 0 Å². The van der Waals surface area contributed by atoms with Crippen molar-refractivity contribution in [2.75, 3.05) is 30.9 Å². The molecule has 0 bridgehead atoms. The summed E-state index contributed by atoms with van der Waals surface area (Å²) < 4.78 is 5.37. The average Bonchev–Trinajstić information content (AvgIpc) is 2.58. The Morgan fingerprint density at radius 3 is 1.88 bits per heavy atom. The van der Waals surface area contributed by atoms with Crippen LogP contribution in [0.15, 0.2) is 24.3 Å². The van der Waals surface area contributed by atoms with Gasteiger partial charge < -0.3 is 15.0 Å². The lowest BCUT2D eigenvalue weighted by atomic mass is 10.2. The van der Waals surface area contributed by atoms with Crippen LogP contribution in [-0.4, -0.2) is 26.6 Å². The zero-order valence-electron chi connectivity index (χ0n) is 13.2. The van der Waals surface area contributed by atoms with Crippen molar-refractivity contribution in [3.63, 3.8) is 0 Å². The van der Waals surface area contributed by atoms with Crippen LogP contribution in [0.5, 0.6) is 5.75 Å². The highest BCUT2D eigenvalue weighted by Gasteiger charge is 2.21. The monoisotopic (exact) mass is 440 g/mol. The third kappa shape index (κ3) is 4.78. The van der Waals surface area contributed by atoms with Gasteiger partial charge in [-0.15, -0.1) is 0 Å². The summed E-state index contributed by atoms with van der Waals surface area (Å²) in [7, 11) is 3.86. The lowest BCUT2D eigenvalue weighted by molar-refractivity contribution is -0.118. The van der Waals surface area contributed by atoms with Gasteiger partial charge in [0.05, 0.1) is 15.1 Å². The Morgan fingerprint density at radius 1 is 0.920 bits per heavy atom. The number of nitrogens with one attached hydrogen (secondary N) is 1. The molecule has 2 aromatic carbocycles. The average molecular weight is 443 g/mol. The van der Waals surface area contributed by atoms with Crippen LogP contribution in [-0.2, 0) is 4.79 Å². The second-order valence-corrected chi connectivity index (χ2v) is 7.07. The topological polar surface area (TPSA) is 41.6 Å². The highest BCUT2D eigenvalue weighted by atomic mass is 35.5. The normalized spacial score (nSPS) is 10.5. The zero-order valence-corrected chi connectivity index (χ0v) is 16.9. The van der Waals surface area contributed by atoms with E-state index < -0.39 is 5.91 Å². The number of hydrogen-bond donors (Lipinski definition) is 1. The minimum Gasteiger partial charge on any atom is -0.481 e. The van der Waals surface area contributed by atoms with E-state index in [9.17, 15) is 4.79 Å². The fourth-order valence-corrected chi connectivity index (χ4v) is 3.12. The maximum atomic E-state index is 12.0. The first kappa shape index (κ1) is 20.3. The Bertz CT molecular complexity index is 765. The molecule has 9 heteroatoms. The van der Waals surface area contributed by atoms with Crippen molar-refractivity contribution in [1.82, 2.24) is 0 Å². The molecule has 0 atom stereocenters. The lowest BCUT2D eigenvalue weighted by Gasteiger charge is -2.14. The highest BCUT2D eigenvalue weighted by molar-refractivity contribution is 6.55. The minimum absolute atomic E-state index is 0.000777. The van der Waals surface area contributed by atoms with E-state index in [0.29, 0.717) is 5.69 Å². The van der Waals surface area contributed by atoms with E-state index in [-0.39, 0.29) is 37.5 Å². The van der Waals surface area contributed by atoms with Crippen LogP contribution in [0, 0.1) is 0 Å². The molecule has 0 saturated carbocycles. The van der Waals surface area contributed by atoms with Gasteiger partial charge in [0.1, 0.15) is 10.0 Å². The van der Waals surface area contributed by atoms with Gasteiger partial charge in [-0.05, 0) is 24.3 Å². The standard InChI is InChI=1S/C16H13Cl5N2O2/c1-23(2)9-5-3-8(4-6-9)22-10(24)7-25-16-14(20)12(18)11(17)13(19)15(16)21/h3-6H,7H2,1-2H3,(H,22,24). The van der Waals surface area contributed by atoms with E-state index in [4.69, 9.17) is 62.7 Å². The van der Waals surface area contributed by atoms with Crippen LogP contribution in [0.2, 0.25) is 25.1 Å². The van der Waals surface area contributed by atoms with Crippen LogP contribution >= 0.6 is 58.0 Å². The summed E-state index contributed by atoms with van der Waals surface area (Å²) in [5, 5.41) is 2.72. The van der Waals surface area contributed by atoms with Crippen LogP contribution < -0.4 is 15.0 Å². The minimum atomic E-state index is -0.396. The molecule has 134 valence electrons. The summed E-state index contributed by atoms with van der Waals surface area (Å²) in [6.45, 7) is -0.330. The predicted molar refractivity (Wildman–Crippen MR) is 106 cm³/mol. The van der Waals surface area contributed by atoms with E-state index >= 15 is 0 Å². The number of carbonyl (C=O) groups is 1. The molecule has 0 aliphatic rings. The highest BCUT2D eigenvalue weighted by Crippen LogP contribution is 2.48. The van der Waals surface area contributed by atoms with Crippen molar-refractivity contribution in [1.29, 1.82) is 0 Å². The zero-order chi connectivity index (χ0) is 18.7. The summed E-state index contributed by atoms with van der Waals surface area (Å²) in [6, 6.07) is 7.32.